The summed E-state index contributed by atoms with van der Waals surface area (Å²) in [7, 11) is 0. The predicted molar refractivity (Wildman–Crippen MR) is 118 cm³/mol. The van der Waals surface area contributed by atoms with E-state index in [1.54, 1.807) is 0 Å². The first kappa shape index (κ1) is 20.6. The molecule has 0 saturated carbocycles. The van der Waals surface area contributed by atoms with Crippen molar-refractivity contribution in [1.82, 2.24) is 15.1 Å². The number of carbonyl (C=O) groups excluding carboxylic acids is 2. The molecule has 0 radical (unpaired) electrons. The van der Waals surface area contributed by atoms with Gasteiger partial charge >= 0.3 is 0 Å². The Bertz CT molecular complexity index is 824. The van der Waals surface area contributed by atoms with Gasteiger partial charge in [-0.15, -0.1) is 0 Å². The molecule has 2 aromatic rings. The average Bonchev–Trinajstić information content (AvgIpc) is 2.81. The van der Waals surface area contributed by atoms with Crippen molar-refractivity contribution in [1.29, 1.82) is 0 Å². The number of piperidine rings is 2. The number of amides is 2. The van der Waals surface area contributed by atoms with Crippen LogP contribution in [0, 0.1) is 5.92 Å². The standard InChI is InChI=1S/C25H31N3O2/c29-24(21-9-5-2-6-10-21)26-23-13-17-28(18-14-23)25(30)22-11-15-27(16-12-22)19-20-7-3-1-4-8-20/h1-10,22-23H,11-19H2,(H,26,29). The molecule has 0 aromatic heterocycles. The Hall–Kier alpha value is -2.66. The summed E-state index contributed by atoms with van der Waals surface area (Å²) in [6.45, 7) is 4.41. The van der Waals surface area contributed by atoms with Gasteiger partial charge < -0.3 is 10.2 Å². The molecule has 0 bridgehead atoms. The highest BCUT2D eigenvalue weighted by atomic mass is 16.2. The number of carbonyl (C=O) groups is 2. The van der Waals surface area contributed by atoms with Crippen LogP contribution in [0.1, 0.15) is 41.6 Å². The smallest absolute Gasteiger partial charge is 0.251 e. The molecule has 1 N–H and O–H groups in total. The van der Waals surface area contributed by atoms with Crippen LogP contribution in [0.5, 0.6) is 0 Å². The van der Waals surface area contributed by atoms with Gasteiger partial charge in [0.1, 0.15) is 0 Å². The van der Waals surface area contributed by atoms with Crippen molar-refractivity contribution in [2.45, 2.75) is 38.3 Å². The summed E-state index contributed by atoms with van der Waals surface area (Å²) in [5.74, 6) is 0.431. The lowest BCUT2D eigenvalue weighted by molar-refractivity contribution is -0.138. The first-order chi connectivity index (χ1) is 14.7. The summed E-state index contributed by atoms with van der Waals surface area (Å²) in [5, 5.41) is 3.12. The molecule has 5 heteroatoms. The van der Waals surface area contributed by atoms with Gasteiger partial charge in [0.15, 0.2) is 0 Å². The summed E-state index contributed by atoms with van der Waals surface area (Å²) in [6, 6.07) is 20.0. The van der Waals surface area contributed by atoms with Crippen LogP contribution in [0.15, 0.2) is 60.7 Å². The van der Waals surface area contributed by atoms with E-state index in [1.165, 1.54) is 5.56 Å². The van der Waals surface area contributed by atoms with Crippen molar-refractivity contribution in [2.24, 2.45) is 5.92 Å². The number of hydrogen-bond acceptors (Lipinski definition) is 3. The molecule has 2 fully saturated rings. The number of nitrogens with zero attached hydrogens (tertiary/aromatic N) is 2. The minimum absolute atomic E-state index is 0.0221. The van der Waals surface area contributed by atoms with Gasteiger partial charge in [-0.2, -0.15) is 0 Å². The second-order valence-electron chi connectivity index (χ2n) is 8.48. The van der Waals surface area contributed by atoms with Gasteiger partial charge in [0.05, 0.1) is 0 Å². The lowest BCUT2D eigenvalue weighted by atomic mass is 9.93. The highest BCUT2D eigenvalue weighted by Crippen LogP contribution is 2.23. The molecule has 0 aliphatic carbocycles. The maximum Gasteiger partial charge on any atom is 0.251 e. The molecule has 2 amide bonds. The van der Waals surface area contributed by atoms with Crippen molar-refractivity contribution in [3.8, 4) is 0 Å². The molecule has 2 aliphatic rings. The largest absolute Gasteiger partial charge is 0.349 e. The van der Waals surface area contributed by atoms with Crippen LogP contribution in [0.4, 0.5) is 0 Å². The van der Waals surface area contributed by atoms with Crippen LogP contribution in [-0.4, -0.2) is 53.8 Å². The number of hydrogen-bond donors (Lipinski definition) is 1. The molecule has 2 aliphatic heterocycles. The van der Waals surface area contributed by atoms with Gasteiger partial charge in [-0.05, 0) is 56.5 Å². The molecule has 0 spiro atoms. The molecule has 2 aromatic carbocycles. The molecule has 158 valence electrons. The Kier molecular flexibility index (Phi) is 6.80. The van der Waals surface area contributed by atoms with Crippen LogP contribution in [0.2, 0.25) is 0 Å². The minimum atomic E-state index is -0.0221. The van der Waals surface area contributed by atoms with Gasteiger partial charge in [-0.3, -0.25) is 14.5 Å². The summed E-state index contributed by atoms with van der Waals surface area (Å²) in [5.41, 5.74) is 2.03. The lowest BCUT2D eigenvalue weighted by Gasteiger charge is -2.37. The second kappa shape index (κ2) is 9.90. The van der Waals surface area contributed by atoms with Crippen molar-refractivity contribution < 1.29 is 9.59 Å². The number of nitrogens with one attached hydrogen (secondary N) is 1. The normalized spacial score (nSPS) is 18.9. The van der Waals surface area contributed by atoms with E-state index in [1.807, 2.05) is 41.3 Å². The molecule has 4 rings (SSSR count). The lowest BCUT2D eigenvalue weighted by Crippen LogP contribution is -2.49. The zero-order chi connectivity index (χ0) is 20.8. The number of rotatable bonds is 5. The Morgan fingerprint density at radius 3 is 2.03 bits per heavy atom. The third-order valence-corrected chi connectivity index (χ3v) is 6.36. The SMILES string of the molecule is O=C(NC1CCN(C(=O)C2CCN(Cc3ccccc3)CC2)CC1)c1ccccc1. The van der Waals surface area contributed by atoms with Gasteiger partial charge in [0, 0.05) is 37.2 Å². The van der Waals surface area contributed by atoms with Crippen LogP contribution >= 0.6 is 0 Å². The van der Waals surface area contributed by atoms with Crippen molar-refractivity contribution in [3.05, 3.63) is 71.8 Å². The maximum absolute atomic E-state index is 13.0. The first-order valence-electron chi connectivity index (χ1n) is 11.1. The summed E-state index contributed by atoms with van der Waals surface area (Å²) in [4.78, 5) is 29.8. The van der Waals surface area contributed by atoms with Crippen LogP contribution < -0.4 is 5.32 Å². The Labute approximate surface area is 179 Å². The van der Waals surface area contributed by atoms with Gasteiger partial charge in [0.2, 0.25) is 5.91 Å². The minimum Gasteiger partial charge on any atom is -0.349 e. The molecule has 0 unspecified atom stereocenters. The van der Waals surface area contributed by atoms with Crippen LogP contribution in [-0.2, 0) is 11.3 Å². The van der Waals surface area contributed by atoms with E-state index in [0.717, 1.165) is 58.4 Å². The monoisotopic (exact) mass is 405 g/mol. The molecule has 0 atom stereocenters. The van der Waals surface area contributed by atoms with Crippen LogP contribution in [0.3, 0.4) is 0 Å². The Balaban J connectivity index is 1.20. The molecule has 2 saturated heterocycles. The molecule has 30 heavy (non-hydrogen) atoms. The van der Waals surface area contributed by atoms with E-state index in [9.17, 15) is 9.59 Å². The molecule has 5 nitrogen and oxygen atoms in total. The molecule has 2 heterocycles. The van der Waals surface area contributed by atoms with Crippen molar-refractivity contribution in [3.63, 3.8) is 0 Å². The fraction of sp³-hybridized carbons (Fsp3) is 0.440. The molecular weight excluding hydrogens is 374 g/mol. The van der Waals surface area contributed by atoms with Crippen LogP contribution in [0.25, 0.3) is 0 Å². The Morgan fingerprint density at radius 1 is 0.800 bits per heavy atom. The zero-order valence-electron chi connectivity index (χ0n) is 17.5. The maximum atomic E-state index is 13.0. The highest BCUT2D eigenvalue weighted by Gasteiger charge is 2.31. The Morgan fingerprint density at radius 2 is 1.40 bits per heavy atom. The summed E-state index contributed by atoms with van der Waals surface area (Å²) >= 11 is 0. The quantitative estimate of drug-likeness (QED) is 0.830. The van der Waals surface area contributed by atoms with Gasteiger partial charge in [-0.25, -0.2) is 0 Å². The van der Waals surface area contributed by atoms with Crippen molar-refractivity contribution in [2.75, 3.05) is 26.2 Å². The van der Waals surface area contributed by atoms with E-state index in [-0.39, 0.29) is 17.9 Å². The van der Waals surface area contributed by atoms with E-state index >= 15 is 0 Å². The van der Waals surface area contributed by atoms with E-state index in [4.69, 9.17) is 0 Å². The first-order valence-corrected chi connectivity index (χ1v) is 11.1. The third-order valence-electron chi connectivity index (χ3n) is 6.36. The topological polar surface area (TPSA) is 52.7 Å². The second-order valence-corrected chi connectivity index (χ2v) is 8.48. The fourth-order valence-electron chi connectivity index (χ4n) is 4.54. The highest BCUT2D eigenvalue weighted by molar-refractivity contribution is 5.94. The molecular formula is C25H31N3O2. The average molecular weight is 406 g/mol. The van der Waals surface area contributed by atoms with E-state index in [0.29, 0.717) is 11.5 Å². The number of benzene rings is 2. The number of likely N-dealkylation sites (tertiary alicyclic amines) is 2. The zero-order valence-corrected chi connectivity index (χ0v) is 17.5. The van der Waals surface area contributed by atoms with E-state index in [2.05, 4.69) is 34.5 Å². The van der Waals surface area contributed by atoms with E-state index < -0.39 is 0 Å². The van der Waals surface area contributed by atoms with Gasteiger partial charge in [0.25, 0.3) is 5.91 Å². The summed E-state index contributed by atoms with van der Waals surface area (Å²) in [6.07, 6.45) is 3.54. The predicted octanol–water partition coefficient (Wildman–Crippen LogP) is 3.32. The van der Waals surface area contributed by atoms with Gasteiger partial charge in [-0.1, -0.05) is 48.5 Å². The summed E-state index contributed by atoms with van der Waals surface area (Å²) < 4.78 is 0. The van der Waals surface area contributed by atoms with Crippen molar-refractivity contribution >= 4 is 11.8 Å². The third kappa shape index (κ3) is 5.28. The fourth-order valence-corrected chi connectivity index (χ4v) is 4.54.